The van der Waals surface area contributed by atoms with Gasteiger partial charge in [-0.25, -0.2) is 4.79 Å². The lowest BCUT2D eigenvalue weighted by atomic mass is 10.2. The van der Waals surface area contributed by atoms with Crippen LogP contribution in [0.4, 0.5) is 5.69 Å². The fraction of sp³-hybridized carbons (Fsp3) is 0.231. The van der Waals surface area contributed by atoms with Crippen molar-refractivity contribution in [3.63, 3.8) is 0 Å². The summed E-state index contributed by atoms with van der Waals surface area (Å²) in [6.45, 7) is 2.40. The number of hydrogen-bond donors (Lipinski definition) is 1. The summed E-state index contributed by atoms with van der Waals surface area (Å²) >= 11 is 0. The Hall–Kier alpha value is -2.30. The minimum atomic E-state index is -0.472. The lowest BCUT2D eigenvalue weighted by Gasteiger charge is -2.07. The van der Waals surface area contributed by atoms with Gasteiger partial charge in [0.05, 0.1) is 24.8 Å². The van der Waals surface area contributed by atoms with Crippen LogP contribution in [-0.4, -0.2) is 18.1 Å². The molecule has 0 atom stereocenters. The molecule has 2 rings (SSSR count). The van der Waals surface area contributed by atoms with E-state index in [9.17, 15) is 4.79 Å². The molecule has 1 N–H and O–H groups in total. The Labute approximate surface area is 105 Å². The molecular weight excluding hydrogens is 232 g/mol. The standard InChI is InChI=1S/C13H14N2O3/c1-9-11(4-3-6-14-9)15-8-10-5-7-18-12(10)13(16)17-2/h3-7,15H,8H2,1-2H3. The topological polar surface area (TPSA) is 64.4 Å². The third-order valence-corrected chi connectivity index (χ3v) is 2.59. The fourth-order valence-corrected chi connectivity index (χ4v) is 1.61. The number of carbonyl (C=O) groups excluding carboxylic acids is 1. The van der Waals surface area contributed by atoms with Crippen LogP contribution < -0.4 is 5.32 Å². The first-order valence-electron chi connectivity index (χ1n) is 5.52. The third kappa shape index (κ3) is 2.51. The van der Waals surface area contributed by atoms with Crippen LogP contribution in [0.3, 0.4) is 0 Å². The molecular formula is C13H14N2O3. The first-order chi connectivity index (χ1) is 8.72. The van der Waals surface area contributed by atoms with Crippen LogP contribution in [0.15, 0.2) is 35.1 Å². The number of furan rings is 1. The van der Waals surface area contributed by atoms with Gasteiger partial charge in [-0.2, -0.15) is 0 Å². The molecule has 0 fully saturated rings. The second-order valence-electron chi connectivity index (χ2n) is 3.76. The van der Waals surface area contributed by atoms with Crippen molar-refractivity contribution in [2.45, 2.75) is 13.5 Å². The summed E-state index contributed by atoms with van der Waals surface area (Å²) in [4.78, 5) is 15.6. The van der Waals surface area contributed by atoms with E-state index in [-0.39, 0.29) is 5.76 Å². The Morgan fingerprint density at radius 1 is 1.50 bits per heavy atom. The fourth-order valence-electron chi connectivity index (χ4n) is 1.61. The summed E-state index contributed by atoms with van der Waals surface area (Å²) in [5, 5.41) is 3.20. The SMILES string of the molecule is COC(=O)c1occc1CNc1cccnc1C. The van der Waals surface area contributed by atoms with E-state index in [1.165, 1.54) is 13.4 Å². The van der Waals surface area contributed by atoms with Crippen molar-refractivity contribution in [3.8, 4) is 0 Å². The number of hydrogen-bond acceptors (Lipinski definition) is 5. The van der Waals surface area contributed by atoms with Gasteiger partial charge < -0.3 is 14.5 Å². The first kappa shape index (κ1) is 12.2. The maximum Gasteiger partial charge on any atom is 0.374 e. The number of aryl methyl sites for hydroxylation is 1. The summed E-state index contributed by atoms with van der Waals surface area (Å²) in [7, 11) is 1.33. The third-order valence-electron chi connectivity index (χ3n) is 2.59. The van der Waals surface area contributed by atoms with Crippen LogP contribution in [-0.2, 0) is 11.3 Å². The van der Waals surface area contributed by atoms with E-state index in [4.69, 9.17) is 4.42 Å². The van der Waals surface area contributed by atoms with E-state index in [1.54, 1.807) is 12.3 Å². The summed E-state index contributed by atoms with van der Waals surface area (Å²) in [6, 6.07) is 5.52. The number of ether oxygens (including phenoxy) is 1. The second-order valence-corrected chi connectivity index (χ2v) is 3.76. The van der Waals surface area contributed by atoms with Crippen LogP contribution in [0.25, 0.3) is 0 Å². The molecule has 5 heteroatoms. The monoisotopic (exact) mass is 246 g/mol. The average Bonchev–Trinajstić information content (AvgIpc) is 2.85. The largest absolute Gasteiger partial charge is 0.463 e. The van der Waals surface area contributed by atoms with Crippen LogP contribution in [0.2, 0.25) is 0 Å². The summed E-state index contributed by atoms with van der Waals surface area (Å²) in [5.74, 6) is -0.244. The number of esters is 1. The first-order valence-corrected chi connectivity index (χ1v) is 5.52. The van der Waals surface area contributed by atoms with E-state index in [2.05, 4.69) is 15.0 Å². The summed E-state index contributed by atoms with van der Waals surface area (Å²) < 4.78 is 9.74. The lowest BCUT2D eigenvalue weighted by molar-refractivity contribution is 0.0563. The van der Waals surface area contributed by atoms with Gasteiger partial charge in [-0.1, -0.05) is 0 Å². The highest BCUT2D eigenvalue weighted by Crippen LogP contribution is 2.16. The van der Waals surface area contributed by atoms with Crippen LogP contribution in [0.5, 0.6) is 0 Å². The molecule has 0 radical (unpaired) electrons. The quantitative estimate of drug-likeness (QED) is 0.839. The van der Waals surface area contributed by atoms with E-state index in [1.807, 2.05) is 19.1 Å². The predicted octanol–water partition coefficient (Wildman–Crippen LogP) is 2.38. The number of anilines is 1. The molecule has 0 spiro atoms. The minimum absolute atomic E-state index is 0.228. The number of rotatable bonds is 4. The number of nitrogens with zero attached hydrogens (tertiary/aromatic N) is 1. The van der Waals surface area contributed by atoms with E-state index >= 15 is 0 Å². The number of aromatic nitrogens is 1. The van der Waals surface area contributed by atoms with Crippen molar-refractivity contribution in [2.24, 2.45) is 0 Å². The van der Waals surface area contributed by atoms with Crippen LogP contribution in [0.1, 0.15) is 21.8 Å². The highest BCUT2D eigenvalue weighted by atomic mass is 16.5. The maximum atomic E-state index is 11.4. The minimum Gasteiger partial charge on any atom is -0.463 e. The number of nitrogens with one attached hydrogen (secondary N) is 1. The molecule has 5 nitrogen and oxygen atoms in total. The van der Waals surface area contributed by atoms with Crippen molar-refractivity contribution in [1.29, 1.82) is 0 Å². The molecule has 0 aromatic carbocycles. The van der Waals surface area contributed by atoms with Crippen molar-refractivity contribution in [1.82, 2.24) is 4.98 Å². The molecule has 94 valence electrons. The van der Waals surface area contributed by atoms with Crippen molar-refractivity contribution < 1.29 is 13.9 Å². The highest BCUT2D eigenvalue weighted by molar-refractivity contribution is 5.87. The van der Waals surface area contributed by atoms with Gasteiger partial charge in [-0.15, -0.1) is 0 Å². The Balaban J connectivity index is 2.09. The second kappa shape index (κ2) is 5.35. The van der Waals surface area contributed by atoms with E-state index < -0.39 is 5.97 Å². The number of pyridine rings is 1. The lowest BCUT2D eigenvalue weighted by Crippen LogP contribution is -2.07. The molecule has 2 aromatic heterocycles. The maximum absolute atomic E-state index is 11.4. The Kier molecular flexibility index (Phi) is 3.62. The predicted molar refractivity (Wildman–Crippen MR) is 66.3 cm³/mol. The normalized spacial score (nSPS) is 10.1. The van der Waals surface area contributed by atoms with Crippen LogP contribution in [0, 0.1) is 6.92 Å². The van der Waals surface area contributed by atoms with Gasteiger partial charge in [0.25, 0.3) is 0 Å². The summed E-state index contributed by atoms with van der Waals surface area (Å²) in [5.41, 5.74) is 2.58. The van der Waals surface area contributed by atoms with E-state index in [0.717, 1.165) is 16.9 Å². The van der Waals surface area contributed by atoms with Gasteiger partial charge in [-0.3, -0.25) is 4.98 Å². The molecule has 0 aliphatic heterocycles. The number of methoxy groups -OCH3 is 1. The van der Waals surface area contributed by atoms with Gasteiger partial charge >= 0.3 is 5.97 Å². The molecule has 0 saturated carbocycles. The molecule has 0 aliphatic carbocycles. The van der Waals surface area contributed by atoms with Crippen molar-refractivity contribution >= 4 is 11.7 Å². The van der Waals surface area contributed by atoms with Crippen molar-refractivity contribution in [2.75, 3.05) is 12.4 Å². The smallest absolute Gasteiger partial charge is 0.374 e. The number of carbonyl (C=O) groups is 1. The molecule has 0 amide bonds. The van der Waals surface area contributed by atoms with Gasteiger partial charge in [0.2, 0.25) is 5.76 Å². The molecule has 2 aromatic rings. The van der Waals surface area contributed by atoms with Crippen LogP contribution >= 0.6 is 0 Å². The Morgan fingerprint density at radius 3 is 3.06 bits per heavy atom. The van der Waals surface area contributed by atoms with Crippen molar-refractivity contribution in [3.05, 3.63) is 47.7 Å². The molecule has 0 unspecified atom stereocenters. The zero-order valence-electron chi connectivity index (χ0n) is 10.3. The summed E-state index contributed by atoms with van der Waals surface area (Å²) in [6.07, 6.45) is 3.21. The zero-order chi connectivity index (χ0) is 13.0. The molecule has 0 saturated heterocycles. The highest BCUT2D eigenvalue weighted by Gasteiger charge is 2.15. The molecule has 18 heavy (non-hydrogen) atoms. The molecule has 0 aliphatic rings. The van der Waals surface area contributed by atoms with E-state index in [0.29, 0.717) is 6.54 Å². The van der Waals surface area contributed by atoms with Gasteiger partial charge in [0, 0.05) is 18.3 Å². The average molecular weight is 246 g/mol. The zero-order valence-corrected chi connectivity index (χ0v) is 10.3. The Bertz CT molecular complexity index is 549. The van der Waals surface area contributed by atoms with Gasteiger partial charge in [-0.05, 0) is 25.1 Å². The molecule has 0 bridgehead atoms. The van der Waals surface area contributed by atoms with Gasteiger partial charge in [0.15, 0.2) is 0 Å². The molecule has 2 heterocycles. The Morgan fingerprint density at radius 2 is 2.33 bits per heavy atom. The van der Waals surface area contributed by atoms with Gasteiger partial charge in [0.1, 0.15) is 0 Å².